The molecular formula is C6H13Ho-. The van der Waals surface area contributed by atoms with Gasteiger partial charge in [-0.05, 0) is 0 Å². The molecule has 0 aromatic heterocycles. The molecule has 0 aromatic rings. The third kappa shape index (κ3) is 11.1. The van der Waals surface area contributed by atoms with Crippen LogP contribution in [0.3, 0.4) is 0 Å². The second kappa shape index (κ2) is 10.3. The zero-order valence-corrected chi connectivity index (χ0v) is 6.77. The Kier molecular flexibility index (Phi) is 16.3. The average molecular weight is 250 g/mol. The van der Waals surface area contributed by atoms with E-state index in [-0.39, 0.29) is 37.7 Å². The van der Waals surface area contributed by atoms with Gasteiger partial charge in [-0.3, -0.25) is 0 Å². The number of unbranched alkanes of at least 4 members (excludes halogenated alkanes) is 3. The third-order valence-electron chi connectivity index (χ3n) is 0.854. The fourth-order valence-electron chi connectivity index (χ4n) is 0.427. The van der Waals surface area contributed by atoms with Crippen LogP contribution in [0.4, 0.5) is 0 Å². The van der Waals surface area contributed by atoms with Crippen LogP contribution < -0.4 is 0 Å². The van der Waals surface area contributed by atoms with Gasteiger partial charge in [0.15, 0.2) is 0 Å². The summed E-state index contributed by atoms with van der Waals surface area (Å²) in [7, 11) is 0. The maximum absolute atomic E-state index is 3.72. The first-order valence-electron chi connectivity index (χ1n) is 2.71. The van der Waals surface area contributed by atoms with Crippen molar-refractivity contribution >= 4 is 0 Å². The average Bonchev–Trinajstić information content (AvgIpc) is 1.61. The van der Waals surface area contributed by atoms with E-state index in [1.54, 1.807) is 0 Å². The van der Waals surface area contributed by atoms with Crippen molar-refractivity contribution in [2.45, 2.75) is 32.6 Å². The van der Waals surface area contributed by atoms with E-state index in [1.807, 2.05) is 0 Å². The van der Waals surface area contributed by atoms with Gasteiger partial charge in [-0.25, -0.2) is 0 Å². The smallest absolute Gasteiger partial charge is 0 e. The van der Waals surface area contributed by atoms with Crippen LogP contribution in [0.1, 0.15) is 32.6 Å². The summed E-state index contributed by atoms with van der Waals surface area (Å²) >= 11 is 0. The van der Waals surface area contributed by atoms with Gasteiger partial charge in [-0.15, -0.1) is 0 Å². The zero-order chi connectivity index (χ0) is 4.83. The van der Waals surface area contributed by atoms with E-state index in [9.17, 15) is 0 Å². The van der Waals surface area contributed by atoms with Crippen molar-refractivity contribution in [3.63, 3.8) is 0 Å². The van der Waals surface area contributed by atoms with Crippen LogP contribution in [0.2, 0.25) is 0 Å². The Labute approximate surface area is 76.7 Å². The van der Waals surface area contributed by atoms with E-state index >= 15 is 0 Å². The van der Waals surface area contributed by atoms with E-state index in [4.69, 9.17) is 0 Å². The van der Waals surface area contributed by atoms with Crippen molar-refractivity contribution in [2.24, 2.45) is 0 Å². The molecule has 0 saturated heterocycles. The van der Waals surface area contributed by atoms with Crippen LogP contribution >= 0.6 is 0 Å². The molecular weight excluding hydrogens is 237 g/mol. The molecule has 0 aliphatic heterocycles. The molecule has 0 unspecified atom stereocenters. The maximum atomic E-state index is 3.72. The van der Waals surface area contributed by atoms with Crippen LogP contribution in [0.15, 0.2) is 0 Å². The van der Waals surface area contributed by atoms with Gasteiger partial charge >= 0.3 is 0 Å². The first-order chi connectivity index (χ1) is 2.91. The van der Waals surface area contributed by atoms with Crippen LogP contribution in [0.5, 0.6) is 0 Å². The topological polar surface area (TPSA) is 0 Å². The molecule has 0 nitrogen and oxygen atoms in total. The molecule has 7 heavy (non-hydrogen) atoms. The van der Waals surface area contributed by atoms with Gasteiger partial charge in [0.25, 0.3) is 0 Å². The predicted molar refractivity (Wildman–Crippen MR) is 29.5 cm³/mol. The molecule has 0 aliphatic carbocycles. The van der Waals surface area contributed by atoms with Crippen LogP contribution in [0, 0.1) is 44.7 Å². The summed E-state index contributed by atoms with van der Waals surface area (Å²) in [5, 5.41) is 0. The fourth-order valence-corrected chi connectivity index (χ4v) is 0.427. The van der Waals surface area contributed by atoms with Crippen molar-refractivity contribution in [1.82, 2.24) is 0 Å². The molecule has 0 spiro atoms. The minimum absolute atomic E-state index is 0. The van der Waals surface area contributed by atoms with Gasteiger partial charge < -0.3 is 6.92 Å². The molecule has 1 heteroatoms. The van der Waals surface area contributed by atoms with E-state index in [0.29, 0.717) is 0 Å². The van der Waals surface area contributed by atoms with E-state index < -0.39 is 0 Å². The quantitative estimate of drug-likeness (QED) is 0.410. The molecule has 0 atom stereocenters. The largest absolute Gasteiger partial charge is 0.343 e. The van der Waals surface area contributed by atoms with Crippen molar-refractivity contribution in [3.05, 3.63) is 6.92 Å². The monoisotopic (exact) mass is 250 g/mol. The predicted octanol–water partition coefficient (Wildman–Crippen LogP) is 2.40. The van der Waals surface area contributed by atoms with Gasteiger partial charge in [-0.2, -0.15) is 6.42 Å². The number of rotatable bonds is 3. The Morgan fingerprint density at radius 1 is 1.29 bits per heavy atom. The van der Waals surface area contributed by atoms with Gasteiger partial charge in [0.2, 0.25) is 0 Å². The second-order valence-corrected chi connectivity index (χ2v) is 1.56. The minimum atomic E-state index is 0. The van der Waals surface area contributed by atoms with Gasteiger partial charge in [0, 0.05) is 37.7 Å². The Bertz CT molecular complexity index is 16.1. The number of hydrogen-bond donors (Lipinski definition) is 0. The summed E-state index contributed by atoms with van der Waals surface area (Å²) in [4.78, 5) is 0. The van der Waals surface area contributed by atoms with Gasteiger partial charge in [0.1, 0.15) is 0 Å². The van der Waals surface area contributed by atoms with E-state index in [1.165, 1.54) is 19.3 Å². The molecule has 0 bridgehead atoms. The Hall–Kier alpha value is 1.26. The summed E-state index contributed by atoms with van der Waals surface area (Å²) in [6.07, 6.45) is 5.07. The van der Waals surface area contributed by atoms with Crippen molar-refractivity contribution in [3.8, 4) is 0 Å². The van der Waals surface area contributed by atoms with Crippen molar-refractivity contribution in [2.75, 3.05) is 0 Å². The molecule has 0 rings (SSSR count). The second-order valence-electron chi connectivity index (χ2n) is 1.56. The summed E-state index contributed by atoms with van der Waals surface area (Å²) in [6, 6.07) is 0. The molecule has 0 N–H and O–H groups in total. The van der Waals surface area contributed by atoms with E-state index in [0.717, 1.165) is 6.42 Å². The zero-order valence-electron chi connectivity index (χ0n) is 4.84. The first kappa shape index (κ1) is 11.1. The van der Waals surface area contributed by atoms with Crippen LogP contribution in [-0.2, 0) is 0 Å². The third-order valence-corrected chi connectivity index (χ3v) is 0.854. The molecule has 0 fully saturated rings. The summed E-state index contributed by atoms with van der Waals surface area (Å²) in [5.74, 6) is 0. The summed E-state index contributed by atoms with van der Waals surface area (Å²) in [6.45, 7) is 5.93. The Morgan fingerprint density at radius 2 is 1.86 bits per heavy atom. The molecule has 0 aliphatic rings. The fraction of sp³-hybridized carbons (Fsp3) is 0.833. The van der Waals surface area contributed by atoms with Crippen molar-refractivity contribution in [1.29, 1.82) is 0 Å². The van der Waals surface area contributed by atoms with Crippen molar-refractivity contribution < 1.29 is 37.7 Å². The van der Waals surface area contributed by atoms with E-state index in [2.05, 4.69) is 13.8 Å². The molecule has 1 radical (unpaired) electrons. The normalized spacial score (nSPS) is 7.71. The van der Waals surface area contributed by atoms with Crippen LogP contribution in [-0.4, -0.2) is 0 Å². The van der Waals surface area contributed by atoms with Gasteiger partial charge in [-0.1, -0.05) is 26.2 Å². The summed E-state index contributed by atoms with van der Waals surface area (Å²) < 4.78 is 0. The molecule has 0 aromatic carbocycles. The molecule has 49 valence electrons. The Morgan fingerprint density at radius 3 is 2.00 bits per heavy atom. The minimum Gasteiger partial charge on any atom is -0.343 e. The van der Waals surface area contributed by atoms with Gasteiger partial charge in [0.05, 0.1) is 0 Å². The van der Waals surface area contributed by atoms with Crippen LogP contribution in [0.25, 0.3) is 0 Å². The molecule has 0 saturated carbocycles. The first-order valence-corrected chi connectivity index (χ1v) is 2.71. The molecule has 0 amide bonds. The summed E-state index contributed by atoms with van der Waals surface area (Å²) in [5.41, 5.74) is 0. The number of hydrogen-bond acceptors (Lipinski definition) is 0. The SMILES string of the molecule is [CH2-]CCCCC.[Ho]. The molecule has 0 heterocycles. The Balaban J connectivity index is 0. The maximum Gasteiger partial charge on any atom is 0 e. The standard InChI is InChI=1S/C6H13.Ho/c1-3-5-6-4-2;/h1,3-6H2,2H3;/q-1;.